The van der Waals surface area contributed by atoms with Gasteiger partial charge in [0.2, 0.25) is 0 Å². The summed E-state index contributed by atoms with van der Waals surface area (Å²) in [6, 6.07) is 8.77. The Morgan fingerprint density at radius 2 is 1.81 bits per heavy atom. The fourth-order valence-corrected chi connectivity index (χ4v) is 2.74. The monoisotopic (exact) mass is 375 g/mol. The Morgan fingerprint density at radius 3 is 2.42 bits per heavy atom. The highest BCUT2D eigenvalue weighted by Gasteiger charge is 2.23. The Labute approximate surface area is 155 Å². The number of urea groups is 1. The van der Waals surface area contributed by atoms with Crippen LogP contribution in [0.2, 0.25) is 0 Å². The van der Waals surface area contributed by atoms with Gasteiger partial charge in [0, 0.05) is 16.5 Å². The SMILES string of the molecule is CC(OC(=O)c1csc(-c2ccccc2)n1)C(=O)NC(=O)NC(C)(C)C. The van der Waals surface area contributed by atoms with Crippen molar-refractivity contribution in [2.24, 2.45) is 0 Å². The normalized spacial score (nSPS) is 12.2. The van der Waals surface area contributed by atoms with Crippen molar-refractivity contribution in [2.45, 2.75) is 39.3 Å². The van der Waals surface area contributed by atoms with Gasteiger partial charge in [-0.15, -0.1) is 11.3 Å². The predicted molar refractivity (Wildman–Crippen MR) is 98.9 cm³/mol. The molecule has 2 rings (SSSR count). The Morgan fingerprint density at radius 1 is 1.15 bits per heavy atom. The zero-order valence-electron chi connectivity index (χ0n) is 15.0. The number of hydrogen-bond donors (Lipinski definition) is 2. The Bertz CT molecular complexity index is 796. The number of ether oxygens (including phenoxy) is 1. The minimum atomic E-state index is -1.13. The average Bonchev–Trinajstić information content (AvgIpc) is 3.03. The maximum atomic E-state index is 12.2. The summed E-state index contributed by atoms with van der Waals surface area (Å²) in [4.78, 5) is 40.1. The van der Waals surface area contributed by atoms with Crippen LogP contribution in [0.15, 0.2) is 35.7 Å². The molecular formula is C18H21N3O4S. The topological polar surface area (TPSA) is 97.4 Å². The Kier molecular flexibility index (Phi) is 6.10. The summed E-state index contributed by atoms with van der Waals surface area (Å²) in [5.74, 6) is -1.43. The first kappa shape index (κ1) is 19.6. The molecule has 8 heteroatoms. The first-order valence-electron chi connectivity index (χ1n) is 8.00. The van der Waals surface area contributed by atoms with E-state index < -0.39 is 29.6 Å². The number of aromatic nitrogens is 1. The van der Waals surface area contributed by atoms with Gasteiger partial charge in [0.1, 0.15) is 5.01 Å². The number of imide groups is 1. The lowest BCUT2D eigenvalue weighted by molar-refractivity contribution is -0.127. The van der Waals surface area contributed by atoms with Gasteiger partial charge in [-0.1, -0.05) is 30.3 Å². The van der Waals surface area contributed by atoms with Crippen LogP contribution >= 0.6 is 11.3 Å². The summed E-state index contributed by atoms with van der Waals surface area (Å²) in [6.45, 7) is 6.75. The van der Waals surface area contributed by atoms with Crippen molar-refractivity contribution in [3.63, 3.8) is 0 Å². The maximum absolute atomic E-state index is 12.2. The molecule has 3 amide bonds. The molecule has 0 saturated heterocycles. The molecule has 0 aliphatic carbocycles. The molecule has 0 aliphatic heterocycles. The van der Waals surface area contributed by atoms with E-state index in [-0.39, 0.29) is 5.69 Å². The molecule has 138 valence electrons. The summed E-state index contributed by atoms with van der Waals surface area (Å²) in [5.41, 5.74) is 0.521. The molecular weight excluding hydrogens is 354 g/mol. The van der Waals surface area contributed by atoms with Crippen molar-refractivity contribution in [3.8, 4) is 10.6 Å². The molecule has 7 nitrogen and oxygen atoms in total. The van der Waals surface area contributed by atoms with E-state index in [0.29, 0.717) is 5.01 Å². The second kappa shape index (κ2) is 8.09. The zero-order chi connectivity index (χ0) is 19.3. The summed E-state index contributed by atoms with van der Waals surface area (Å²) < 4.78 is 5.09. The number of amides is 3. The molecule has 0 radical (unpaired) electrons. The molecule has 0 fully saturated rings. The molecule has 1 unspecified atom stereocenters. The number of carbonyl (C=O) groups excluding carboxylic acids is 3. The number of hydrogen-bond acceptors (Lipinski definition) is 6. The molecule has 1 aromatic carbocycles. The number of carbonyl (C=O) groups is 3. The number of benzene rings is 1. The second-order valence-corrected chi connectivity index (χ2v) is 7.50. The van der Waals surface area contributed by atoms with Crippen LogP contribution in [0.3, 0.4) is 0 Å². The molecule has 2 N–H and O–H groups in total. The number of esters is 1. The van der Waals surface area contributed by atoms with Crippen molar-refractivity contribution >= 4 is 29.2 Å². The largest absolute Gasteiger partial charge is 0.448 e. The van der Waals surface area contributed by atoms with Crippen LogP contribution in [-0.4, -0.2) is 34.5 Å². The van der Waals surface area contributed by atoms with Gasteiger partial charge in [-0.3, -0.25) is 10.1 Å². The van der Waals surface area contributed by atoms with Crippen molar-refractivity contribution in [1.29, 1.82) is 0 Å². The van der Waals surface area contributed by atoms with Crippen LogP contribution in [-0.2, 0) is 9.53 Å². The zero-order valence-corrected chi connectivity index (χ0v) is 15.8. The van der Waals surface area contributed by atoms with E-state index in [1.165, 1.54) is 18.3 Å². The van der Waals surface area contributed by atoms with Crippen LogP contribution in [0.25, 0.3) is 10.6 Å². The van der Waals surface area contributed by atoms with Crippen molar-refractivity contribution in [2.75, 3.05) is 0 Å². The number of rotatable bonds is 4. The van der Waals surface area contributed by atoms with Crippen LogP contribution in [0.1, 0.15) is 38.2 Å². The second-order valence-electron chi connectivity index (χ2n) is 6.64. The van der Waals surface area contributed by atoms with Gasteiger partial charge in [0.05, 0.1) is 0 Å². The highest BCUT2D eigenvalue weighted by atomic mass is 32.1. The van der Waals surface area contributed by atoms with Gasteiger partial charge in [-0.2, -0.15) is 0 Å². The minimum Gasteiger partial charge on any atom is -0.448 e. The summed E-state index contributed by atoms with van der Waals surface area (Å²) in [6.07, 6.45) is -1.13. The van der Waals surface area contributed by atoms with Crippen molar-refractivity contribution in [3.05, 3.63) is 41.4 Å². The number of thiazole rings is 1. The van der Waals surface area contributed by atoms with E-state index in [2.05, 4.69) is 15.6 Å². The third-order valence-electron chi connectivity index (χ3n) is 3.11. The lowest BCUT2D eigenvalue weighted by Gasteiger charge is -2.21. The molecule has 0 bridgehead atoms. The van der Waals surface area contributed by atoms with Gasteiger partial charge >= 0.3 is 12.0 Å². The number of nitrogens with zero attached hydrogens (tertiary/aromatic N) is 1. The molecule has 1 aromatic heterocycles. The highest BCUT2D eigenvalue weighted by molar-refractivity contribution is 7.13. The van der Waals surface area contributed by atoms with E-state index in [0.717, 1.165) is 5.56 Å². The van der Waals surface area contributed by atoms with E-state index in [9.17, 15) is 14.4 Å². The van der Waals surface area contributed by atoms with E-state index in [1.54, 1.807) is 26.2 Å². The molecule has 26 heavy (non-hydrogen) atoms. The standard InChI is InChI=1S/C18H21N3O4S/c1-11(14(22)20-17(24)21-18(2,3)4)25-16(23)13-10-26-15(19-13)12-8-6-5-7-9-12/h5-11H,1-4H3,(H2,20,21,22,24). The fraction of sp³-hybridized carbons (Fsp3) is 0.333. The molecule has 0 spiro atoms. The molecule has 1 heterocycles. The van der Waals surface area contributed by atoms with Gasteiger partial charge in [0.15, 0.2) is 11.8 Å². The predicted octanol–water partition coefficient (Wildman–Crippen LogP) is 2.98. The summed E-state index contributed by atoms with van der Waals surface area (Å²) in [7, 11) is 0. The van der Waals surface area contributed by atoms with Gasteiger partial charge in [-0.25, -0.2) is 14.6 Å². The van der Waals surface area contributed by atoms with Crippen LogP contribution in [0, 0.1) is 0 Å². The van der Waals surface area contributed by atoms with Crippen LogP contribution in [0.5, 0.6) is 0 Å². The van der Waals surface area contributed by atoms with Gasteiger partial charge < -0.3 is 10.1 Å². The Balaban J connectivity index is 1.94. The van der Waals surface area contributed by atoms with Crippen LogP contribution in [0.4, 0.5) is 4.79 Å². The smallest absolute Gasteiger partial charge is 0.358 e. The Hall–Kier alpha value is -2.74. The van der Waals surface area contributed by atoms with Crippen molar-refractivity contribution < 1.29 is 19.1 Å². The third kappa shape index (κ3) is 5.66. The molecule has 1 atom stereocenters. The lowest BCUT2D eigenvalue weighted by Crippen LogP contribution is -2.50. The van der Waals surface area contributed by atoms with E-state index >= 15 is 0 Å². The molecule has 0 aliphatic rings. The van der Waals surface area contributed by atoms with Crippen LogP contribution < -0.4 is 10.6 Å². The minimum absolute atomic E-state index is 0.118. The van der Waals surface area contributed by atoms with Gasteiger partial charge in [0.25, 0.3) is 5.91 Å². The number of nitrogens with one attached hydrogen (secondary N) is 2. The highest BCUT2D eigenvalue weighted by Crippen LogP contribution is 2.23. The van der Waals surface area contributed by atoms with E-state index in [4.69, 9.17) is 4.74 Å². The first-order chi connectivity index (χ1) is 12.2. The first-order valence-corrected chi connectivity index (χ1v) is 8.88. The fourth-order valence-electron chi connectivity index (χ4n) is 1.94. The molecule has 0 saturated carbocycles. The average molecular weight is 375 g/mol. The third-order valence-corrected chi connectivity index (χ3v) is 4.00. The summed E-state index contributed by atoms with van der Waals surface area (Å²) >= 11 is 1.31. The molecule has 2 aromatic rings. The maximum Gasteiger partial charge on any atom is 0.358 e. The van der Waals surface area contributed by atoms with E-state index in [1.807, 2.05) is 30.3 Å². The lowest BCUT2D eigenvalue weighted by atomic mass is 10.1. The van der Waals surface area contributed by atoms with Gasteiger partial charge in [-0.05, 0) is 27.7 Å². The van der Waals surface area contributed by atoms with Crippen molar-refractivity contribution in [1.82, 2.24) is 15.6 Å². The quantitative estimate of drug-likeness (QED) is 0.801. The summed E-state index contributed by atoms with van der Waals surface area (Å²) in [5, 5.41) is 6.98.